The maximum absolute atomic E-state index is 12.0. The van der Waals surface area contributed by atoms with Gasteiger partial charge in [-0.3, -0.25) is 9.59 Å². The lowest BCUT2D eigenvalue weighted by Crippen LogP contribution is -2.58. The summed E-state index contributed by atoms with van der Waals surface area (Å²) in [7, 11) is 0. The maximum Gasteiger partial charge on any atom is 0.306 e. The Labute approximate surface area is 220 Å². The molecule has 3 rings (SSSR count). The molecule has 1 fully saturated rings. The molecule has 0 amide bonds. The van der Waals surface area contributed by atoms with Gasteiger partial charge < -0.3 is 39.5 Å². The predicted octanol–water partition coefficient (Wildman–Crippen LogP) is 1.59. The highest BCUT2D eigenvalue weighted by Gasteiger charge is 2.43. The summed E-state index contributed by atoms with van der Waals surface area (Å²) in [6.07, 6.45) is -8.29. The Morgan fingerprint density at radius 1 is 0.842 bits per heavy atom. The molecule has 0 spiro atoms. The van der Waals surface area contributed by atoms with Crippen LogP contribution in [0.15, 0.2) is 64.8 Å². The molecule has 38 heavy (non-hydrogen) atoms. The number of hydrogen-bond donors (Lipinski definition) is 4. The zero-order chi connectivity index (χ0) is 27.5. The minimum absolute atomic E-state index is 0.122. The first-order chi connectivity index (χ1) is 18.3. The van der Waals surface area contributed by atoms with Gasteiger partial charge in [0.25, 0.3) is 0 Å². The van der Waals surface area contributed by atoms with Crippen molar-refractivity contribution in [2.75, 3.05) is 31.2 Å². The molecule has 1 heterocycles. The molecule has 4 N–H and O–H groups in total. The van der Waals surface area contributed by atoms with E-state index in [9.17, 15) is 30.0 Å². The molecule has 0 saturated carbocycles. The van der Waals surface area contributed by atoms with Crippen LogP contribution in [0.4, 0.5) is 17.1 Å². The number of rotatable bonds is 12. The van der Waals surface area contributed by atoms with Crippen LogP contribution in [0.25, 0.3) is 0 Å². The highest BCUT2D eigenvalue weighted by molar-refractivity contribution is 5.77. The summed E-state index contributed by atoms with van der Waals surface area (Å²) in [5.41, 5.74) is 2.40. The van der Waals surface area contributed by atoms with E-state index >= 15 is 0 Å². The van der Waals surface area contributed by atoms with Gasteiger partial charge in [0.1, 0.15) is 37.6 Å². The van der Waals surface area contributed by atoms with E-state index in [-0.39, 0.29) is 19.4 Å². The summed E-state index contributed by atoms with van der Waals surface area (Å²) in [6, 6.07) is 16.9. The second-order valence-electron chi connectivity index (χ2n) is 8.57. The summed E-state index contributed by atoms with van der Waals surface area (Å²) in [6.45, 7) is 2.77. The van der Waals surface area contributed by atoms with Crippen molar-refractivity contribution in [2.45, 2.75) is 50.5 Å². The average Bonchev–Trinajstić information content (AvgIpc) is 2.94. The first kappa shape index (κ1) is 29.1. The SMILES string of the molecule is CCN(CCOC(=O)CCC(=O)OCC1O[C@H](O)C(O)C(O)[C@H]1O)c1ccc(N=Nc2ccccc2)cc1. The molecule has 1 aliphatic rings. The molecular weight excluding hydrogens is 498 g/mol. The van der Waals surface area contributed by atoms with Gasteiger partial charge in [-0.25, -0.2) is 0 Å². The number of benzene rings is 2. The fourth-order valence-electron chi connectivity index (χ4n) is 3.67. The normalized spacial score (nSPS) is 23.2. The molecule has 0 aliphatic carbocycles. The van der Waals surface area contributed by atoms with Crippen molar-refractivity contribution < 1.29 is 44.2 Å². The van der Waals surface area contributed by atoms with Crippen molar-refractivity contribution in [2.24, 2.45) is 10.2 Å². The minimum Gasteiger partial charge on any atom is -0.464 e. The summed E-state index contributed by atoms with van der Waals surface area (Å²) >= 11 is 0. The molecule has 1 saturated heterocycles. The molecule has 2 aromatic carbocycles. The lowest BCUT2D eigenvalue weighted by molar-refractivity contribution is -0.287. The molecule has 0 bridgehead atoms. The third-order valence-corrected chi connectivity index (χ3v) is 5.89. The smallest absolute Gasteiger partial charge is 0.306 e. The Hall–Kier alpha value is -3.42. The molecule has 0 aromatic heterocycles. The van der Waals surface area contributed by atoms with Crippen molar-refractivity contribution in [1.82, 2.24) is 0 Å². The van der Waals surface area contributed by atoms with Gasteiger partial charge >= 0.3 is 11.9 Å². The Morgan fingerprint density at radius 2 is 1.45 bits per heavy atom. The molecule has 12 nitrogen and oxygen atoms in total. The molecular formula is C26H33N3O9. The number of carbonyl (C=O) groups excluding carboxylic acids is 2. The zero-order valence-electron chi connectivity index (χ0n) is 21.0. The van der Waals surface area contributed by atoms with Crippen LogP contribution in [0.1, 0.15) is 19.8 Å². The molecule has 12 heteroatoms. The van der Waals surface area contributed by atoms with E-state index < -0.39 is 49.3 Å². The van der Waals surface area contributed by atoms with Crippen molar-refractivity contribution in [3.63, 3.8) is 0 Å². The highest BCUT2D eigenvalue weighted by Crippen LogP contribution is 2.22. The van der Waals surface area contributed by atoms with Crippen LogP contribution < -0.4 is 4.90 Å². The summed E-state index contributed by atoms with van der Waals surface area (Å²) in [5, 5.41) is 46.9. The number of esters is 2. The van der Waals surface area contributed by atoms with Crippen molar-refractivity contribution >= 4 is 29.0 Å². The number of aliphatic hydroxyl groups excluding tert-OH is 4. The third-order valence-electron chi connectivity index (χ3n) is 5.89. The van der Waals surface area contributed by atoms with Crippen LogP contribution in [0.5, 0.6) is 0 Å². The zero-order valence-corrected chi connectivity index (χ0v) is 21.0. The number of anilines is 1. The van der Waals surface area contributed by atoms with E-state index in [1.54, 1.807) is 0 Å². The Morgan fingerprint density at radius 3 is 2.08 bits per heavy atom. The monoisotopic (exact) mass is 531 g/mol. The number of likely N-dealkylation sites (N-methyl/N-ethyl adjacent to an activating group) is 1. The third kappa shape index (κ3) is 8.57. The van der Waals surface area contributed by atoms with Crippen LogP contribution in [0.2, 0.25) is 0 Å². The van der Waals surface area contributed by atoms with E-state index in [1.807, 2.05) is 66.4 Å². The van der Waals surface area contributed by atoms with Gasteiger partial charge in [0.05, 0.1) is 30.8 Å². The lowest BCUT2D eigenvalue weighted by atomic mass is 9.99. The Balaban J connectivity index is 1.35. The largest absolute Gasteiger partial charge is 0.464 e. The van der Waals surface area contributed by atoms with Crippen LogP contribution in [0, 0.1) is 0 Å². The molecule has 1 aliphatic heterocycles. The highest BCUT2D eigenvalue weighted by atomic mass is 16.6. The van der Waals surface area contributed by atoms with Gasteiger partial charge in [-0.15, -0.1) is 0 Å². The second kappa shape index (κ2) is 14.5. The lowest BCUT2D eigenvalue weighted by Gasteiger charge is -2.37. The van der Waals surface area contributed by atoms with E-state index in [1.165, 1.54) is 0 Å². The van der Waals surface area contributed by atoms with Gasteiger partial charge in [0.2, 0.25) is 0 Å². The number of aliphatic hydroxyl groups is 4. The standard InChI is InChI=1S/C26H33N3O9/c1-2-29(19-10-8-18(9-11-19)28-27-17-6-4-3-5-7-17)14-15-36-21(30)12-13-22(31)37-16-20-23(32)24(33)25(34)26(35)38-20/h3-11,20,23-26,32-35H,2,12-16H2,1H3/t20?,23-,24?,25?,26-/m0/s1. The number of azo groups is 1. The first-order valence-corrected chi connectivity index (χ1v) is 12.3. The van der Waals surface area contributed by atoms with Crippen LogP contribution in [0.3, 0.4) is 0 Å². The second-order valence-corrected chi connectivity index (χ2v) is 8.57. The van der Waals surface area contributed by atoms with E-state index in [2.05, 4.69) is 10.2 Å². The minimum atomic E-state index is -1.72. The van der Waals surface area contributed by atoms with Gasteiger partial charge in [-0.05, 0) is 43.3 Å². The van der Waals surface area contributed by atoms with E-state index in [0.717, 1.165) is 11.4 Å². The fraction of sp³-hybridized carbons (Fsp3) is 0.462. The Bertz CT molecular complexity index is 1050. The summed E-state index contributed by atoms with van der Waals surface area (Å²) in [4.78, 5) is 26.0. The molecule has 3 unspecified atom stereocenters. The molecule has 206 valence electrons. The number of nitrogens with zero attached hydrogens (tertiary/aromatic N) is 3. The maximum atomic E-state index is 12.0. The van der Waals surface area contributed by atoms with Gasteiger partial charge in [-0.1, -0.05) is 18.2 Å². The summed E-state index contributed by atoms with van der Waals surface area (Å²) in [5.74, 6) is -1.31. The predicted molar refractivity (Wildman–Crippen MR) is 135 cm³/mol. The quantitative estimate of drug-likeness (QED) is 0.233. The average molecular weight is 532 g/mol. The first-order valence-electron chi connectivity index (χ1n) is 12.3. The number of carbonyl (C=O) groups is 2. The van der Waals surface area contributed by atoms with Gasteiger partial charge in [0.15, 0.2) is 6.29 Å². The van der Waals surface area contributed by atoms with Crippen LogP contribution >= 0.6 is 0 Å². The van der Waals surface area contributed by atoms with Crippen molar-refractivity contribution in [1.29, 1.82) is 0 Å². The van der Waals surface area contributed by atoms with Crippen molar-refractivity contribution in [3.05, 3.63) is 54.6 Å². The number of ether oxygens (including phenoxy) is 3. The topological polar surface area (TPSA) is 171 Å². The van der Waals surface area contributed by atoms with Gasteiger partial charge in [-0.2, -0.15) is 10.2 Å². The molecule has 5 atom stereocenters. The van der Waals surface area contributed by atoms with Gasteiger partial charge in [0, 0.05) is 12.2 Å². The van der Waals surface area contributed by atoms with E-state index in [4.69, 9.17) is 14.2 Å². The fourth-order valence-corrected chi connectivity index (χ4v) is 3.67. The van der Waals surface area contributed by atoms with Crippen LogP contribution in [-0.4, -0.2) is 89.4 Å². The number of hydrogen-bond acceptors (Lipinski definition) is 12. The summed E-state index contributed by atoms with van der Waals surface area (Å²) < 4.78 is 15.1. The van der Waals surface area contributed by atoms with Crippen LogP contribution in [-0.2, 0) is 23.8 Å². The Kier molecular flexibility index (Phi) is 11.1. The van der Waals surface area contributed by atoms with E-state index in [0.29, 0.717) is 18.8 Å². The van der Waals surface area contributed by atoms with Crippen molar-refractivity contribution in [3.8, 4) is 0 Å². The molecule has 0 radical (unpaired) electrons. The molecule has 2 aromatic rings.